The maximum absolute atomic E-state index is 4.44. The van der Waals surface area contributed by atoms with E-state index in [1.807, 2.05) is 35.3 Å². The summed E-state index contributed by atoms with van der Waals surface area (Å²) in [5.74, 6) is 0. The monoisotopic (exact) mass is 220 g/mol. The number of imidazole rings is 1. The lowest BCUT2D eigenvalue weighted by molar-refractivity contribution is 1.20. The molecule has 4 nitrogen and oxygen atoms in total. The van der Waals surface area contributed by atoms with Gasteiger partial charge in [-0.2, -0.15) is 0 Å². The van der Waals surface area contributed by atoms with Crippen LogP contribution in [0.5, 0.6) is 0 Å². The summed E-state index contributed by atoms with van der Waals surface area (Å²) in [4.78, 5) is 12.8. The Morgan fingerprint density at radius 3 is 2.88 bits per heavy atom. The van der Waals surface area contributed by atoms with Crippen molar-refractivity contribution in [3.8, 4) is 0 Å². The largest absolute Gasteiger partial charge is 0.297 e. The van der Waals surface area contributed by atoms with Gasteiger partial charge in [0.25, 0.3) is 0 Å². The normalized spacial score (nSPS) is 11.5. The minimum atomic E-state index is 0.963. The number of fused-ring (bicyclic) bond motifs is 6. The van der Waals surface area contributed by atoms with E-state index in [2.05, 4.69) is 21.0 Å². The Balaban J connectivity index is 2.48. The highest BCUT2D eigenvalue weighted by Gasteiger charge is 2.08. The first-order valence-electron chi connectivity index (χ1n) is 5.37. The fourth-order valence-electron chi connectivity index (χ4n) is 2.29. The number of hydrogen-bond acceptors (Lipinski definition) is 3. The average Bonchev–Trinajstić information content (AvgIpc) is 2.89. The van der Waals surface area contributed by atoms with Gasteiger partial charge in [-0.1, -0.05) is 6.07 Å². The van der Waals surface area contributed by atoms with Crippen LogP contribution in [0.15, 0.2) is 49.3 Å². The summed E-state index contributed by atoms with van der Waals surface area (Å²) >= 11 is 0. The van der Waals surface area contributed by atoms with Crippen LogP contribution in [0.3, 0.4) is 0 Å². The van der Waals surface area contributed by atoms with E-state index in [1.54, 1.807) is 12.4 Å². The molecule has 0 aromatic carbocycles. The van der Waals surface area contributed by atoms with Gasteiger partial charge in [-0.05, 0) is 12.1 Å². The van der Waals surface area contributed by atoms with Crippen molar-refractivity contribution in [3.05, 3.63) is 49.3 Å². The van der Waals surface area contributed by atoms with Crippen LogP contribution in [0.2, 0.25) is 0 Å². The second-order valence-electron chi connectivity index (χ2n) is 3.94. The van der Waals surface area contributed by atoms with Gasteiger partial charge in [0.2, 0.25) is 0 Å². The molecule has 80 valence electrons. The van der Waals surface area contributed by atoms with Crippen molar-refractivity contribution in [2.45, 2.75) is 0 Å². The van der Waals surface area contributed by atoms with Crippen LogP contribution < -0.4 is 0 Å². The first-order chi connectivity index (χ1) is 8.45. The van der Waals surface area contributed by atoms with E-state index >= 15 is 0 Å². The zero-order valence-corrected chi connectivity index (χ0v) is 8.91. The number of pyridine rings is 3. The third kappa shape index (κ3) is 1.04. The van der Waals surface area contributed by atoms with Crippen LogP contribution in [-0.4, -0.2) is 19.4 Å². The molecular weight excluding hydrogens is 212 g/mol. The van der Waals surface area contributed by atoms with Crippen LogP contribution in [0.1, 0.15) is 0 Å². The van der Waals surface area contributed by atoms with E-state index in [-0.39, 0.29) is 0 Å². The lowest BCUT2D eigenvalue weighted by Gasteiger charge is -2.06. The standard InChI is InChI=1S/C13H8N4/c1-2-9-10-6-14-5-3-11(10)17-8-15-7-12(17)13(9)16-4-1/h1-8H. The van der Waals surface area contributed by atoms with Crippen LogP contribution in [0.25, 0.3) is 27.3 Å². The molecule has 4 aromatic rings. The van der Waals surface area contributed by atoms with E-state index in [1.165, 1.54) is 0 Å². The number of rotatable bonds is 0. The minimum Gasteiger partial charge on any atom is -0.297 e. The number of hydrogen-bond donors (Lipinski definition) is 0. The Labute approximate surface area is 96.6 Å². The molecule has 0 saturated heterocycles. The maximum Gasteiger partial charge on any atom is 0.0997 e. The molecule has 0 unspecified atom stereocenters. The van der Waals surface area contributed by atoms with Crippen molar-refractivity contribution in [2.24, 2.45) is 0 Å². The lowest BCUT2D eigenvalue weighted by Crippen LogP contribution is -1.91. The molecule has 0 aliphatic carbocycles. The van der Waals surface area contributed by atoms with Gasteiger partial charge in [0.05, 0.1) is 29.1 Å². The molecule has 0 amide bonds. The van der Waals surface area contributed by atoms with Crippen LogP contribution >= 0.6 is 0 Å². The van der Waals surface area contributed by atoms with Crippen molar-refractivity contribution >= 4 is 27.3 Å². The van der Waals surface area contributed by atoms with Gasteiger partial charge in [0, 0.05) is 29.4 Å². The van der Waals surface area contributed by atoms with Crippen molar-refractivity contribution in [1.82, 2.24) is 19.4 Å². The Morgan fingerprint density at radius 2 is 1.88 bits per heavy atom. The molecule has 0 saturated carbocycles. The third-order valence-electron chi connectivity index (χ3n) is 3.04. The van der Waals surface area contributed by atoms with Crippen molar-refractivity contribution in [3.63, 3.8) is 0 Å². The van der Waals surface area contributed by atoms with Crippen LogP contribution in [0, 0.1) is 0 Å². The average molecular weight is 220 g/mol. The Hall–Kier alpha value is -2.49. The predicted molar refractivity (Wildman–Crippen MR) is 65.8 cm³/mol. The molecule has 17 heavy (non-hydrogen) atoms. The molecule has 0 spiro atoms. The SMILES string of the molecule is c1cnc2c(c1)c1cnccc1n1cncc21. The molecule has 4 rings (SSSR count). The van der Waals surface area contributed by atoms with E-state index < -0.39 is 0 Å². The summed E-state index contributed by atoms with van der Waals surface area (Å²) in [6, 6.07) is 6.01. The van der Waals surface area contributed by atoms with E-state index in [9.17, 15) is 0 Å². The summed E-state index contributed by atoms with van der Waals surface area (Å²) in [5.41, 5.74) is 3.10. The zero-order valence-electron chi connectivity index (χ0n) is 8.91. The smallest absolute Gasteiger partial charge is 0.0997 e. The Kier molecular flexibility index (Phi) is 1.53. The molecule has 0 aliphatic heterocycles. The Bertz CT molecular complexity index is 778. The van der Waals surface area contributed by atoms with E-state index in [4.69, 9.17) is 0 Å². The van der Waals surface area contributed by atoms with Crippen molar-refractivity contribution in [2.75, 3.05) is 0 Å². The van der Waals surface area contributed by atoms with Gasteiger partial charge in [-0.25, -0.2) is 4.98 Å². The molecule has 0 N–H and O–H groups in total. The molecule has 4 heteroatoms. The highest BCUT2D eigenvalue weighted by Crippen LogP contribution is 2.26. The summed E-state index contributed by atoms with van der Waals surface area (Å²) in [5, 5.41) is 2.21. The summed E-state index contributed by atoms with van der Waals surface area (Å²) in [7, 11) is 0. The number of aromatic nitrogens is 4. The first-order valence-corrected chi connectivity index (χ1v) is 5.37. The van der Waals surface area contributed by atoms with Crippen LogP contribution in [0.4, 0.5) is 0 Å². The van der Waals surface area contributed by atoms with E-state index in [0.29, 0.717) is 0 Å². The third-order valence-corrected chi connectivity index (χ3v) is 3.04. The summed E-state index contributed by atoms with van der Waals surface area (Å²) in [6.45, 7) is 0. The highest BCUT2D eigenvalue weighted by molar-refractivity contribution is 6.10. The second-order valence-corrected chi connectivity index (χ2v) is 3.94. The van der Waals surface area contributed by atoms with E-state index in [0.717, 1.165) is 27.3 Å². The molecule has 0 bridgehead atoms. The molecule has 0 fully saturated rings. The fraction of sp³-hybridized carbons (Fsp3) is 0. The van der Waals surface area contributed by atoms with Gasteiger partial charge in [0.15, 0.2) is 0 Å². The second kappa shape index (κ2) is 3.01. The first kappa shape index (κ1) is 8.64. The van der Waals surface area contributed by atoms with Gasteiger partial charge >= 0.3 is 0 Å². The quantitative estimate of drug-likeness (QED) is 0.427. The molecule has 4 aromatic heterocycles. The molecule has 0 aliphatic rings. The van der Waals surface area contributed by atoms with Gasteiger partial charge in [-0.15, -0.1) is 0 Å². The lowest BCUT2D eigenvalue weighted by atomic mass is 10.1. The molecule has 0 radical (unpaired) electrons. The fourth-order valence-corrected chi connectivity index (χ4v) is 2.29. The zero-order chi connectivity index (χ0) is 11.2. The minimum absolute atomic E-state index is 0.963. The highest BCUT2D eigenvalue weighted by atomic mass is 15.0. The van der Waals surface area contributed by atoms with Gasteiger partial charge in [-0.3, -0.25) is 14.4 Å². The van der Waals surface area contributed by atoms with Crippen molar-refractivity contribution < 1.29 is 0 Å². The van der Waals surface area contributed by atoms with Crippen LogP contribution in [-0.2, 0) is 0 Å². The maximum atomic E-state index is 4.44. The predicted octanol–water partition coefficient (Wildman–Crippen LogP) is 2.43. The number of nitrogens with zero attached hydrogens (tertiary/aromatic N) is 4. The molecule has 4 heterocycles. The van der Waals surface area contributed by atoms with Gasteiger partial charge in [0.1, 0.15) is 0 Å². The summed E-state index contributed by atoms with van der Waals surface area (Å²) in [6.07, 6.45) is 9.13. The Morgan fingerprint density at radius 1 is 0.882 bits per heavy atom. The van der Waals surface area contributed by atoms with Gasteiger partial charge < -0.3 is 0 Å². The molecule has 0 atom stereocenters. The topological polar surface area (TPSA) is 43.1 Å². The summed E-state index contributed by atoms with van der Waals surface area (Å²) < 4.78 is 2.05. The van der Waals surface area contributed by atoms with Crippen molar-refractivity contribution in [1.29, 1.82) is 0 Å². The molecular formula is C13H8N4.